The maximum Gasteiger partial charge on any atom is 0.417 e. The average molecular weight is 269 g/mol. The average Bonchev–Trinajstić information content (AvgIpc) is 2.28. The number of nitrogens with zero attached hydrogens (tertiary/aromatic N) is 1. The third-order valence-electron chi connectivity index (χ3n) is 2.00. The van der Waals surface area contributed by atoms with Gasteiger partial charge in [0.1, 0.15) is 0 Å². The molecular formula is C10H8F5NO2. The number of rotatable bonds is 3. The first-order chi connectivity index (χ1) is 8.21. The molecule has 0 aliphatic carbocycles. The summed E-state index contributed by atoms with van der Waals surface area (Å²) in [5.74, 6) is -6.43. The van der Waals surface area contributed by atoms with Gasteiger partial charge in [0.2, 0.25) is 0 Å². The van der Waals surface area contributed by atoms with Crippen molar-refractivity contribution in [2.24, 2.45) is 0 Å². The molecule has 0 amide bonds. The van der Waals surface area contributed by atoms with Crippen molar-refractivity contribution in [1.82, 2.24) is 4.98 Å². The molecule has 0 aliphatic rings. The number of alkyl halides is 5. The van der Waals surface area contributed by atoms with E-state index >= 15 is 0 Å². The van der Waals surface area contributed by atoms with Gasteiger partial charge in [-0.1, -0.05) is 0 Å². The predicted molar refractivity (Wildman–Crippen MR) is 49.8 cm³/mol. The van der Waals surface area contributed by atoms with E-state index in [-0.39, 0.29) is 6.61 Å². The molecule has 0 spiro atoms. The Bertz CT molecular complexity index is 444. The minimum Gasteiger partial charge on any atom is -0.461 e. The quantitative estimate of drug-likeness (QED) is 0.625. The first-order valence-corrected chi connectivity index (χ1v) is 4.78. The molecule has 0 saturated carbocycles. The largest absolute Gasteiger partial charge is 0.461 e. The molecule has 1 heterocycles. The van der Waals surface area contributed by atoms with Gasteiger partial charge in [-0.15, -0.1) is 0 Å². The summed E-state index contributed by atoms with van der Waals surface area (Å²) < 4.78 is 68.6. The van der Waals surface area contributed by atoms with Crippen LogP contribution >= 0.6 is 0 Å². The minimum absolute atomic E-state index is 0.305. The fourth-order valence-electron chi connectivity index (χ4n) is 1.22. The molecule has 0 radical (unpaired) electrons. The Morgan fingerprint density at radius 3 is 2.39 bits per heavy atom. The van der Waals surface area contributed by atoms with Gasteiger partial charge in [0.15, 0.2) is 0 Å². The van der Waals surface area contributed by atoms with Crippen molar-refractivity contribution in [3.8, 4) is 0 Å². The van der Waals surface area contributed by atoms with Crippen LogP contribution in [0.5, 0.6) is 0 Å². The number of halogens is 5. The molecule has 0 aromatic carbocycles. The molecule has 18 heavy (non-hydrogen) atoms. The van der Waals surface area contributed by atoms with E-state index in [2.05, 4.69) is 9.72 Å². The lowest BCUT2D eigenvalue weighted by Gasteiger charge is -2.18. The molecule has 0 fully saturated rings. The van der Waals surface area contributed by atoms with E-state index in [0.717, 1.165) is 0 Å². The predicted octanol–water partition coefficient (Wildman–Crippen LogP) is 2.76. The number of hydrogen-bond donors (Lipinski definition) is 0. The molecule has 0 N–H and O–H groups in total. The van der Waals surface area contributed by atoms with Crippen molar-refractivity contribution in [1.29, 1.82) is 0 Å². The van der Waals surface area contributed by atoms with Gasteiger partial charge in [0, 0.05) is 12.4 Å². The zero-order valence-corrected chi connectivity index (χ0v) is 9.09. The summed E-state index contributed by atoms with van der Waals surface area (Å²) in [6, 6.07) is 0.377. The Balaban J connectivity index is 3.28. The number of carbonyl (C=O) groups excluding carboxylic acids is 1. The third-order valence-corrected chi connectivity index (χ3v) is 2.00. The Kier molecular flexibility index (Phi) is 3.88. The normalized spacial score (nSPS) is 12.3. The molecule has 0 saturated heterocycles. The van der Waals surface area contributed by atoms with Crippen molar-refractivity contribution in [3.05, 3.63) is 29.6 Å². The Morgan fingerprint density at radius 1 is 1.28 bits per heavy atom. The molecule has 0 aliphatic heterocycles. The summed E-state index contributed by atoms with van der Waals surface area (Å²) in [6.07, 6.45) is -3.98. The summed E-state index contributed by atoms with van der Waals surface area (Å²) in [7, 11) is 0. The van der Waals surface area contributed by atoms with Crippen LogP contribution in [0, 0.1) is 0 Å². The van der Waals surface area contributed by atoms with E-state index in [0.29, 0.717) is 18.5 Å². The van der Waals surface area contributed by atoms with E-state index < -0.39 is 29.2 Å². The number of pyridine rings is 1. The summed E-state index contributed by atoms with van der Waals surface area (Å²) in [5.41, 5.74) is -3.13. The van der Waals surface area contributed by atoms with Gasteiger partial charge in [0.05, 0.1) is 17.7 Å². The van der Waals surface area contributed by atoms with Crippen molar-refractivity contribution in [2.75, 3.05) is 6.61 Å². The monoisotopic (exact) mass is 269 g/mol. The van der Waals surface area contributed by atoms with Gasteiger partial charge in [-0.25, -0.2) is 4.79 Å². The molecule has 100 valence electrons. The number of esters is 1. The highest BCUT2D eigenvalue weighted by atomic mass is 19.4. The SMILES string of the molecule is CCOC(=O)C(F)(F)c1cnccc1C(F)(F)F. The first-order valence-electron chi connectivity index (χ1n) is 4.78. The second kappa shape index (κ2) is 4.87. The molecule has 8 heteroatoms. The van der Waals surface area contributed by atoms with Gasteiger partial charge in [-0.3, -0.25) is 4.98 Å². The lowest BCUT2D eigenvalue weighted by atomic mass is 10.0. The van der Waals surface area contributed by atoms with Gasteiger partial charge in [-0.2, -0.15) is 22.0 Å². The minimum atomic E-state index is -5.01. The van der Waals surface area contributed by atoms with Gasteiger partial charge in [-0.05, 0) is 13.0 Å². The standard InChI is InChI=1S/C10H8F5NO2/c1-2-18-8(17)9(11,12)7-5-16-4-3-6(7)10(13,14)15/h3-5H,2H2,1H3. The fraction of sp³-hybridized carbons (Fsp3) is 0.400. The van der Waals surface area contributed by atoms with Crippen LogP contribution < -0.4 is 0 Å². The van der Waals surface area contributed by atoms with Crippen LogP contribution in [0.2, 0.25) is 0 Å². The van der Waals surface area contributed by atoms with Gasteiger partial charge >= 0.3 is 18.1 Å². The van der Waals surface area contributed by atoms with Crippen molar-refractivity contribution < 1.29 is 31.5 Å². The second-order valence-corrected chi connectivity index (χ2v) is 3.21. The van der Waals surface area contributed by atoms with Gasteiger partial charge < -0.3 is 4.74 Å². The third kappa shape index (κ3) is 2.74. The van der Waals surface area contributed by atoms with E-state index in [4.69, 9.17) is 0 Å². The number of ether oxygens (including phenoxy) is 1. The smallest absolute Gasteiger partial charge is 0.417 e. The fourth-order valence-corrected chi connectivity index (χ4v) is 1.22. The maximum atomic E-state index is 13.5. The van der Waals surface area contributed by atoms with E-state index in [1.165, 1.54) is 6.92 Å². The van der Waals surface area contributed by atoms with Crippen LogP contribution in [-0.2, 0) is 21.6 Å². The van der Waals surface area contributed by atoms with E-state index in [1.54, 1.807) is 0 Å². The number of hydrogen-bond acceptors (Lipinski definition) is 3. The number of carbonyl (C=O) groups is 1. The maximum absolute atomic E-state index is 13.5. The van der Waals surface area contributed by atoms with Crippen molar-refractivity contribution in [2.45, 2.75) is 19.0 Å². The highest BCUT2D eigenvalue weighted by Crippen LogP contribution is 2.39. The molecule has 1 aromatic rings. The topological polar surface area (TPSA) is 39.2 Å². The molecule has 0 atom stereocenters. The van der Waals surface area contributed by atoms with Crippen LogP contribution in [-0.4, -0.2) is 17.6 Å². The van der Waals surface area contributed by atoms with Crippen molar-refractivity contribution >= 4 is 5.97 Å². The molecule has 0 bridgehead atoms. The van der Waals surface area contributed by atoms with Crippen LogP contribution in [0.25, 0.3) is 0 Å². The van der Waals surface area contributed by atoms with E-state index in [1.807, 2.05) is 0 Å². The zero-order valence-electron chi connectivity index (χ0n) is 9.09. The van der Waals surface area contributed by atoms with Crippen LogP contribution in [0.1, 0.15) is 18.1 Å². The van der Waals surface area contributed by atoms with Crippen LogP contribution in [0.3, 0.4) is 0 Å². The summed E-state index contributed by atoms with van der Waals surface area (Å²) in [5, 5.41) is 0. The molecule has 0 unspecified atom stereocenters. The van der Waals surface area contributed by atoms with Crippen LogP contribution in [0.4, 0.5) is 22.0 Å². The second-order valence-electron chi connectivity index (χ2n) is 3.21. The van der Waals surface area contributed by atoms with E-state index in [9.17, 15) is 26.7 Å². The first kappa shape index (κ1) is 14.3. The van der Waals surface area contributed by atoms with Crippen LogP contribution in [0.15, 0.2) is 18.5 Å². The zero-order chi connectivity index (χ0) is 14.0. The molecule has 1 aromatic heterocycles. The summed E-state index contributed by atoms with van der Waals surface area (Å²) in [4.78, 5) is 14.2. The Labute approximate surface area is 98.6 Å². The summed E-state index contributed by atoms with van der Waals surface area (Å²) in [6.45, 7) is 0.901. The van der Waals surface area contributed by atoms with Gasteiger partial charge in [0.25, 0.3) is 0 Å². The number of aromatic nitrogens is 1. The molecule has 3 nitrogen and oxygen atoms in total. The highest BCUT2D eigenvalue weighted by molar-refractivity contribution is 5.79. The molecular weight excluding hydrogens is 261 g/mol. The Morgan fingerprint density at radius 2 is 1.89 bits per heavy atom. The molecule has 1 rings (SSSR count). The lowest BCUT2D eigenvalue weighted by Crippen LogP contribution is -2.31. The van der Waals surface area contributed by atoms with Crippen molar-refractivity contribution in [3.63, 3.8) is 0 Å². The highest BCUT2D eigenvalue weighted by Gasteiger charge is 2.49. The summed E-state index contributed by atoms with van der Waals surface area (Å²) >= 11 is 0. The Hall–Kier alpha value is -1.73. The lowest BCUT2D eigenvalue weighted by molar-refractivity contribution is -0.175.